The largest absolute Gasteiger partial charge is 0.506 e. The molecule has 0 saturated carbocycles. The molecule has 1 aliphatic rings. The second kappa shape index (κ2) is 15.5. The number of halogens is 1. The van der Waals surface area contributed by atoms with Gasteiger partial charge >= 0.3 is 0 Å². The van der Waals surface area contributed by atoms with Crippen molar-refractivity contribution < 1.29 is 24.2 Å². The Hall–Kier alpha value is -4.44. The molecule has 2 amide bonds. The van der Waals surface area contributed by atoms with Crippen LogP contribution in [0.1, 0.15) is 33.5 Å². The SMILES string of the molecule is Cc1ccc(CN(CCCN2CCOCC2)C(=O)COc2ccc(C=NNC(=O)c3ccc(O)c(Cl)c3)c3ccccc23)cc1. The Morgan fingerprint density at radius 3 is 2.56 bits per heavy atom. The number of rotatable bonds is 12. The van der Waals surface area contributed by atoms with Gasteiger partial charge < -0.3 is 19.5 Å². The zero-order valence-corrected chi connectivity index (χ0v) is 26.0. The summed E-state index contributed by atoms with van der Waals surface area (Å²) in [6.45, 7) is 7.37. The Bertz CT molecular complexity index is 1650. The zero-order chi connectivity index (χ0) is 31.6. The molecule has 1 heterocycles. The van der Waals surface area contributed by atoms with E-state index in [1.807, 2.05) is 35.2 Å². The summed E-state index contributed by atoms with van der Waals surface area (Å²) in [4.78, 5) is 30.2. The first-order chi connectivity index (χ1) is 21.9. The maximum Gasteiger partial charge on any atom is 0.271 e. The van der Waals surface area contributed by atoms with Gasteiger partial charge in [-0.25, -0.2) is 5.43 Å². The smallest absolute Gasteiger partial charge is 0.271 e. The normalized spacial score (nSPS) is 13.6. The third kappa shape index (κ3) is 8.82. The summed E-state index contributed by atoms with van der Waals surface area (Å²) in [7, 11) is 0. The number of nitrogens with zero attached hydrogens (tertiary/aromatic N) is 3. The molecular weight excluding hydrogens is 592 g/mol. The van der Waals surface area contributed by atoms with Gasteiger partial charge in [-0.1, -0.05) is 65.7 Å². The number of ether oxygens (including phenoxy) is 2. The lowest BCUT2D eigenvalue weighted by Crippen LogP contribution is -2.40. The second-order valence-corrected chi connectivity index (χ2v) is 11.4. The van der Waals surface area contributed by atoms with Gasteiger partial charge in [-0.2, -0.15) is 5.10 Å². The third-order valence-corrected chi connectivity index (χ3v) is 8.00. The van der Waals surface area contributed by atoms with Crippen LogP contribution in [-0.2, 0) is 16.1 Å². The molecule has 4 aromatic rings. The zero-order valence-electron chi connectivity index (χ0n) is 25.2. The minimum atomic E-state index is -0.462. The van der Waals surface area contributed by atoms with Crippen LogP contribution in [0.4, 0.5) is 0 Å². The Kier molecular flexibility index (Phi) is 11.0. The van der Waals surface area contributed by atoms with Crippen molar-refractivity contribution in [2.24, 2.45) is 5.10 Å². The van der Waals surface area contributed by atoms with Gasteiger partial charge in [0.1, 0.15) is 11.5 Å². The van der Waals surface area contributed by atoms with Crippen LogP contribution in [0, 0.1) is 6.92 Å². The quantitative estimate of drug-likeness (QED) is 0.161. The Labute approximate surface area is 268 Å². The van der Waals surface area contributed by atoms with E-state index in [4.69, 9.17) is 21.1 Å². The van der Waals surface area contributed by atoms with Crippen LogP contribution in [0.25, 0.3) is 10.8 Å². The molecule has 0 spiro atoms. The van der Waals surface area contributed by atoms with Crippen molar-refractivity contribution in [3.8, 4) is 11.5 Å². The number of amides is 2. The molecule has 0 bridgehead atoms. The van der Waals surface area contributed by atoms with Crippen molar-refractivity contribution in [3.63, 3.8) is 0 Å². The first-order valence-electron chi connectivity index (χ1n) is 15.0. The molecule has 0 atom stereocenters. The summed E-state index contributed by atoms with van der Waals surface area (Å²) >= 11 is 5.91. The Balaban J connectivity index is 1.24. The number of carbonyl (C=O) groups is 2. The number of hydrogen-bond acceptors (Lipinski definition) is 7. The average Bonchev–Trinajstić information content (AvgIpc) is 3.06. The highest BCUT2D eigenvalue weighted by Gasteiger charge is 2.18. The molecule has 0 aliphatic carbocycles. The van der Waals surface area contributed by atoms with E-state index in [1.165, 1.54) is 23.8 Å². The number of hydrazone groups is 1. The molecule has 0 unspecified atom stereocenters. The number of fused-ring (bicyclic) bond motifs is 1. The molecule has 1 fully saturated rings. The van der Waals surface area contributed by atoms with Crippen LogP contribution in [0.15, 0.2) is 84.0 Å². The Morgan fingerprint density at radius 1 is 1.04 bits per heavy atom. The summed E-state index contributed by atoms with van der Waals surface area (Å²) in [5.74, 6) is -0.0576. The van der Waals surface area contributed by atoms with Crippen molar-refractivity contribution in [1.82, 2.24) is 15.2 Å². The molecule has 9 nitrogen and oxygen atoms in total. The fraction of sp³-hybridized carbons (Fsp3) is 0.286. The standard InChI is InChI=1S/C35H37ClN4O5/c1-25-7-9-26(10-8-25)23-40(16-4-15-39-17-19-44-20-18-39)34(42)24-45-33-14-12-28(29-5-2-3-6-30(29)33)22-37-38-35(43)27-11-13-32(41)31(36)21-27/h2-3,5-14,21-22,41H,4,15-20,23-24H2,1H3,(H,38,43). The minimum absolute atomic E-state index is 0.0793. The van der Waals surface area contributed by atoms with Crippen molar-refractivity contribution in [3.05, 3.63) is 106 Å². The van der Waals surface area contributed by atoms with Crippen LogP contribution in [0.3, 0.4) is 0 Å². The highest BCUT2D eigenvalue weighted by Crippen LogP contribution is 2.28. The average molecular weight is 629 g/mol. The van der Waals surface area contributed by atoms with E-state index in [0.29, 0.717) is 18.8 Å². The van der Waals surface area contributed by atoms with E-state index in [1.54, 1.807) is 12.3 Å². The number of phenolic OH excluding ortho intramolecular Hbond substituents is 1. The number of aryl methyl sites for hydroxylation is 1. The maximum atomic E-state index is 13.5. The molecule has 1 saturated heterocycles. The van der Waals surface area contributed by atoms with E-state index in [0.717, 1.165) is 61.2 Å². The molecule has 1 aliphatic heterocycles. The first-order valence-corrected chi connectivity index (χ1v) is 15.3. The number of benzene rings is 4. The van der Waals surface area contributed by atoms with Crippen LogP contribution in [-0.4, -0.2) is 78.9 Å². The van der Waals surface area contributed by atoms with Crippen molar-refractivity contribution in [1.29, 1.82) is 0 Å². The van der Waals surface area contributed by atoms with Gasteiger partial charge in [-0.15, -0.1) is 0 Å². The molecule has 0 aromatic heterocycles. The predicted molar refractivity (Wildman–Crippen MR) is 176 cm³/mol. The van der Waals surface area contributed by atoms with Crippen molar-refractivity contribution >= 4 is 40.4 Å². The van der Waals surface area contributed by atoms with Crippen molar-refractivity contribution in [2.75, 3.05) is 46.0 Å². The van der Waals surface area contributed by atoms with Gasteiger partial charge in [0.15, 0.2) is 6.61 Å². The lowest BCUT2D eigenvalue weighted by Gasteiger charge is -2.28. The molecule has 10 heteroatoms. The third-order valence-electron chi connectivity index (χ3n) is 7.70. The van der Waals surface area contributed by atoms with Gasteiger partial charge in [0.25, 0.3) is 11.8 Å². The van der Waals surface area contributed by atoms with E-state index in [2.05, 4.69) is 46.6 Å². The topological polar surface area (TPSA) is 104 Å². The van der Waals surface area contributed by atoms with E-state index in [-0.39, 0.29) is 28.8 Å². The maximum absolute atomic E-state index is 13.5. The molecule has 2 N–H and O–H groups in total. The molecule has 45 heavy (non-hydrogen) atoms. The summed E-state index contributed by atoms with van der Waals surface area (Å²) in [6.07, 6.45) is 2.42. The first kappa shape index (κ1) is 32.0. The fourth-order valence-electron chi connectivity index (χ4n) is 5.15. The van der Waals surface area contributed by atoms with Crippen LogP contribution in [0.2, 0.25) is 5.02 Å². The molecule has 234 valence electrons. The summed E-state index contributed by atoms with van der Waals surface area (Å²) < 4.78 is 11.6. The summed E-state index contributed by atoms with van der Waals surface area (Å²) in [5, 5.41) is 15.5. The van der Waals surface area contributed by atoms with Gasteiger partial charge in [0, 0.05) is 49.2 Å². The molecular formula is C35H37ClN4O5. The number of morpholine rings is 1. The molecule has 4 aromatic carbocycles. The van der Waals surface area contributed by atoms with Crippen LogP contribution in [0.5, 0.6) is 11.5 Å². The Morgan fingerprint density at radius 2 is 1.80 bits per heavy atom. The minimum Gasteiger partial charge on any atom is -0.506 e. The number of aromatic hydroxyl groups is 1. The highest BCUT2D eigenvalue weighted by molar-refractivity contribution is 6.32. The number of nitrogens with one attached hydrogen (secondary N) is 1. The van der Waals surface area contributed by atoms with Gasteiger partial charge in [0.2, 0.25) is 0 Å². The van der Waals surface area contributed by atoms with Gasteiger partial charge in [-0.05, 0) is 54.6 Å². The van der Waals surface area contributed by atoms with E-state index in [9.17, 15) is 14.7 Å². The molecule has 0 radical (unpaired) electrons. The number of carbonyl (C=O) groups excluding carboxylic acids is 2. The van der Waals surface area contributed by atoms with E-state index >= 15 is 0 Å². The van der Waals surface area contributed by atoms with E-state index < -0.39 is 5.91 Å². The molecule has 5 rings (SSSR count). The summed E-state index contributed by atoms with van der Waals surface area (Å²) in [5.41, 5.74) is 5.77. The highest BCUT2D eigenvalue weighted by atomic mass is 35.5. The monoisotopic (exact) mass is 628 g/mol. The number of hydrogen-bond donors (Lipinski definition) is 2. The van der Waals surface area contributed by atoms with Gasteiger partial charge in [-0.3, -0.25) is 14.5 Å². The van der Waals surface area contributed by atoms with Crippen LogP contribution < -0.4 is 10.2 Å². The fourth-order valence-corrected chi connectivity index (χ4v) is 5.33. The second-order valence-electron chi connectivity index (χ2n) is 11.0. The lowest BCUT2D eigenvalue weighted by atomic mass is 10.0. The predicted octanol–water partition coefficient (Wildman–Crippen LogP) is 5.40. The van der Waals surface area contributed by atoms with Gasteiger partial charge in [0.05, 0.1) is 24.5 Å². The summed E-state index contributed by atoms with van der Waals surface area (Å²) in [6, 6.07) is 23.8. The van der Waals surface area contributed by atoms with Crippen LogP contribution >= 0.6 is 11.6 Å². The van der Waals surface area contributed by atoms with Crippen molar-refractivity contribution in [2.45, 2.75) is 19.9 Å². The lowest BCUT2D eigenvalue weighted by molar-refractivity contribution is -0.134. The number of phenols is 1.